The van der Waals surface area contributed by atoms with Gasteiger partial charge in [0.1, 0.15) is 0 Å². The largest absolute Gasteiger partial charge is 0.467 e. The highest BCUT2D eigenvalue weighted by atomic mass is 16.7. The van der Waals surface area contributed by atoms with Crippen LogP contribution in [0, 0.1) is 0 Å². The van der Waals surface area contributed by atoms with Crippen LogP contribution in [-0.2, 0) is 31.8 Å². The second-order valence-electron chi connectivity index (χ2n) is 5.30. The standard InChI is InChI=1S/C11H19N5O4/c1-10(2,3)20-16(7-17)11(4,9(18)19-6)8-12-14-15(5)13-8/h7H,1-6H3. The summed E-state index contributed by atoms with van der Waals surface area (Å²) < 4.78 is 4.74. The lowest BCUT2D eigenvalue weighted by atomic mass is 10.0. The summed E-state index contributed by atoms with van der Waals surface area (Å²) >= 11 is 0. The zero-order valence-electron chi connectivity index (χ0n) is 12.4. The lowest BCUT2D eigenvalue weighted by molar-refractivity contribution is -0.258. The molecule has 1 amide bonds. The number of aryl methyl sites for hydroxylation is 1. The maximum absolute atomic E-state index is 12.1. The van der Waals surface area contributed by atoms with Gasteiger partial charge < -0.3 is 4.74 Å². The number of aromatic nitrogens is 4. The summed E-state index contributed by atoms with van der Waals surface area (Å²) in [5.74, 6) is -0.731. The molecule has 0 radical (unpaired) electrons. The fourth-order valence-electron chi connectivity index (χ4n) is 1.47. The summed E-state index contributed by atoms with van der Waals surface area (Å²) in [6.45, 7) is 6.65. The molecule has 0 saturated heterocycles. The molecule has 1 aromatic heterocycles. The molecular weight excluding hydrogens is 266 g/mol. The average molecular weight is 285 g/mol. The number of carbonyl (C=O) groups excluding carboxylic acids is 2. The molecule has 1 unspecified atom stereocenters. The monoisotopic (exact) mass is 285 g/mol. The summed E-state index contributed by atoms with van der Waals surface area (Å²) in [5.41, 5.74) is -2.32. The third-order valence-electron chi connectivity index (χ3n) is 2.44. The Hall–Kier alpha value is -2.03. The van der Waals surface area contributed by atoms with Crippen LogP contribution in [0.15, 0.2) is 0 Å². The van der Waals surface area contributed by atoms with E-state index in [0.717, 1.165) is 5.06 Å². The molecule has 112 valence electrons. The summed E-state index contributed by atoms with van der Waals surface area (Å²) in [5, 5.41) is 12.2. The van der Waals surface area contributed by atoms with E-state index in [1.54, 1.807) is 27.8 Å². The van der Waals surface area contributed by atoms with Gasteiger partial charge in [-0.1, -0.05) is 0 Å². The fourth-order valence-corrected chi connectivity index (χ4v) is 1.47. The number of amides is 1. The Morgan fingerprint density at radius 1 is 1.35 bits per heavy atom. The van der Waals surface area contributed by atoms with Gasteiger partial charge in [0, 0.05) is 0 Å². The van der Waals surface area contributed by atoms with Crippen LogP contribution in [0.3, 0.4) is 0 Å². The van der Waals surface area contributed by atoms with Crippen LogP contribution in [0.1, 0.15) is 33.5 Å². The molecule has 0 N–H and O–H groups in total. The van der Waals surface area contributed by atoms with Gasteiger partial charge in [0.25, 0.3) is 0 Å². The summed E-state index contributed by atoms with van der Waals surface area (Å²) in [4.78, 5) is 30.1. The maximum atomic E-state index is 12.1. The van der Waals surface area contributed by atoms with E-state index in [1.807, 2.05) is 0 Å². The molecule has 9 heteroatoms. The molecule has 1 atom stereocenters. The molecule has 0 spiro atoms. The van der Waals surface area contributed by atoms with E-state index in [4.69, 9.17) is 9.57 Å². The van der Waals surface area contributed by atoms with Gasteiger partial charge in [0.15, 0.2) is 0 Å². The zero-order valence-corrected chi connectivity index (χ0v) is 12.4. The molecule has 0 aliphatic heterocycles. The molecule has 9 nitrogen and oxygen atoms in total. The minimum atomic E-state index is -1.63. The average Bonchev–Trinajstić information content (AvgIpc) is 2.80. The number of tetrazole rings is 1. The molecular formula is C11H19N5O4. The van der Waals surface area contributed by atoms with E-state index in [1.165, 1.54) is 18.8 Å². The van der Waals surface area contributed by atoms with Gasteiger partial charge in [0.2, 0.25) is 17.8 Å². The van der Waals surface area contributed by atoms with Gasteiger partial charge in [0.05, 0.1) is 19.8 Å². The van der Waals surface area contributed by atoms with E-state index in [2.05, 4.69) is 15.4 Å². The number of hydroxylamine groups is 2. The van der Waals surface area contributed by atoms with Crippen LogP contribution >= 0.6 is 0 Å². The van der Waals surface area contributed by atoms with Crippen molar-refractivity contribution in [2.24, 2.45) is 7.05 Å². The molecule has 0 fully saturated rings. The first-order chi connectivity index (χ1) is 9.15. The van der Waals surface area contributed by atoms with Gasteiger partial charge >= 0.3 is 5.97 Å². The van der Waals surface area contributed by atoms with E-state index < -0.39 is 17.1 Å². The van der Waals surface area contributed by atoms with Gasteiger partial charge in [-0.15, -0.1) is 10.2 Å². The Labute approximate surface area is 116 Å². The highest BCUT2D eigenvalue weighted by molar-refractivity contribution is 5.82. The maximum Gasteiger partial charge on any atom is 0.342 e. The van der Waals surface area contributed by atoms with Crippen molar-refractivity contribution in [2.75, 3.05) is 7.11 Å². The first-order valence-corrected chi connectivity index (χ1v) is 5.92. The second-order valence-corrected chi connectivity index (χ2v) is 5.30. The second kappa shape index (κ2) is 5.53. The predicted molar refractivity (Wildman–Crippen MR) is 66.9 cm³/mol. The van der Waals surface area contributed by atoms with E-state index >= 15 is 0 Å². The molecule has 0 bridgehead atoms. The first kappa shape index (κ1) is 16.0. The minimum absolute atomic E-state index is 0.00296. The van der Waals surface area contributed by atoms with Crippen molar-refractivity contribution in [3.8, 4) is 0 Å². The number of nitrogens with zero attached hydrogens (tertiary/aromatic N) is 5. The summed E-state index contributed by atoms with van der Waals surface area (Å²) in [6, 6.07) is 0. The lowest BCUT2D eigenvalue weighted by Gasteiger charge is -2.36. The van der Waals surface area contributed by atoms with Crippen molar-refractivity contribution in [3.05, 3.63) is 5.82 Å². The Morgan fingerprint density at radius 3 is 2.30 bits per heavy atom. The molecule has 20 heavy (non-hydrogen) atoms. The molecule has 1 heterocycles. The lowest BCUT2D eigenvalue weighted by Crippen LogP contribution is -2.53. The molecule has 0 aliphatic rings. The summed E-state index contributed by atoms with van der Waals surface area (Å²) in [7, 11) is 2.75. The number of hydrogen-bond acceptors (Lipinski definition) is 7. The number of methoxy groups -OCH3 is 1. The highest BCUT2D eigenvalue weighted by Crippen LogP contribution is 2.28. The number of carbonyl (C=O) groups is 2. The number of ether oxygens (including phenoxy) is 1. The normalized spacial score (nSPS) is 14.5. The van der Waals surface area contributed by atoms with Crippen LogP contribution in [0.25, 0.3) is 0 Å². The number of rotatable bonds is 5. The zero-order chi connectivity index (χ0) is 15.6. The van der Waals surface area contributed by atoms with E-state index in [9.17, 15) is 9.59 Å². The Morgan fingerprint density at radius 2 is 1.95 bits per heavy atom. The van der Waals surface area contributed by atoms with Crippen molar-refractivity contribution in [3.63, 3.8) is 0 Å². The third kappa shape index (κ3) is 3.10. The minimum Gasteiger partial charge on any atom is -0.467 e. The quantitative estimate of drug-likeness (QED) is 0.419. The number of hydrogen-bond donors (Lipinski definition) is 0. The molecule has 0 aromatic carbocycles. The fraction of sp³-hybridized carbons (Fsp3) is 0.727. The smallest absolute Gasteiger partial charge is 0.342 e. The summed E-state index contributed by atoms with van der Waals surface area (Å²) in [6.07, 6.45) is 0.387. The topological polar surface area (TPSA) is 99.4 Å². The van der Waals surface area contributed by atoms with Crippen LogP contribution < -0.4 is 0 Å². The van der Waals surface area contributed by atoms with E-state index in [-0.39, 0.29) is 5.82 Å². The van der Waals surface area contributed by atoms with Crippen molar-refractivity contribution in [1.29, 1.82) is 0 Å². The Balaban J connectivity index is 3.29. The Kier molecular flexibility index (Phi) is 4.43. The first-order valence-electron chi connectivity index (χ1n) is 5.92. The predicted octanol–water partition coefficient (Wildman–Crippen LogP) is -0.213. The highest BCUT2D eigenvalue weighted by Gasteiger charge is 2.49. The van der Waals surface area contributed by atoms with Gasteiger partial charge in [-0.2, -0.15) is 9.86 Å². The molecule has 0 aliphatic carbocycles. The SMILES string of the molecule is COC(=O)C(C)(c1nnn(C)n1)N(C=O)OC(C)(C)C. The molecule has 1 aromatic rings. The van der Waals surface area contributed by atoms with Crippen LogP contribution in [-0.4, -0.2) is 50.4 Å². The number of esters is 1. The van der Waals surface area contributed by atoms with Gasteiger partial charge in [-0.3, -0.25) is 9.63 Å². The molecule has 1 rings (SSSR count). The van der Waals surface area contributed by atoms with E-state index in [0.29, 0.717) is 6.41 Å². The van der Waals surface area contributed by atoms with Crippen molar-refractivity contribution >= 4 is 12.4 Å². The third-order valence-corrected chi connectivity index (χ3v) is 2.44. The van der Waals surface area contributed by atoms with Crippen molar-refractivity contribution in [1.82, 2.24) is 25.3 Å². The van der Waals surface area contributed by atoms with Crippen LogP contribution in [0.2, 0.25) is 0 Å². The van der Waals surface area contributed by atoms with Gasteiger partial charge in [-0.25, -0.2) is 4.79 Å². The van der Waals surface area contributed by atoms with Crippen molar-refractivity contribution in [2.45, 2.75) is 38.8 Å². The van der Waals surface area contributed by atoms with Crippen LogP contribution in [0.5, 0.6) is 0 Å². The molecule has 0 saturated carbocycles. The van der Waals surface area contributed by atoms with Crippen LogP contribution in [0.4, 0.5) is 0 Å². The Bertz CT molecular complexity index is 495. The van der Waals surface area contributed by atoms with Gasteiger partial charge in [-0.05, 0) is 32.9 Å². The van der Waals surface area contributed by atoms with Crippen molar-refractivity contribution < 1.29 is 19.2 Å².